The van der Waals surface area contributed by atoms with E-state index in [0.717, 1.165) is 4.90 Å². The molecule has 0 aliphatic heterocycles. The van der Waals surface area contributed by atoms with Crippen molar-refractivity contribution in [2.75, 3.05) is 13.1 Å². The topological polar surface area (TPSA) is 99.2 Å². The first-order valence-corrected chi connectivity index (χ1v) is 4.12. The summed E-state index contributed by atoms with van der Waals surface area (Å²) in [5.41, 5.74) is 0. The van der Waals surface area contributed by atoms with E-state index in [9.17, 15) is 9.59 Å². The predicted octanol–water partition coefficient (Wildman–Crippen LogP) is -0.483. The van der Waals surface area contributed by atoms with Gasteiger partial charge in [0.15, 0.2) is 0 Å². The molecule has 0 aromatic carbocycles. The summed E-state index contributed by atoms with van der Waals surface area (Å²) in [6, 6.07) is 0. The molecule has 7 nitrogen and oxygen atoms in total. The number of amides is 1. The Bertz CT molecular complexity index is 360. The lowest BCUT2D eigenvalue weighted by Gasteiger charge is -2.16. The lowest BCUT2D eigenvalue weighted by Crippen LogP contribution is -2.36. The van der Waals surface area contributed by atoms with Crippen molar-refractivity contribution >= 4 is 11.9 Å². The molecule has 0 unspecified atom stereocenters. The van der Waals surface area contributed by atoms with E-state index in [-0.39, 0.29) is 12.4 Å². The molecule has 0 saturated carbocycles. The molecule has 0 fully saturated rings. The largest absolute Gasteiger partial charge is 0.480 e. The van der Waals surface area contributed by atoms with Crippen molar-refractivity contribution in [2.24, 2.45) is 0 Å². The van der Waals surface area contributed by atoms with Gasteiger partial charge in [0.1, 0.15) is 12.9 Å². The summed E-state index contributed by atoms with van der Waals surface area (Å²) >= 11 is 0. The standard InChI is InChI=1S/C8H10N4O3/c1-2-3-12(4-6(13)14)8(15)7-9-5-10-11-7/h2,5H,1,3-4H2,(H,13,14)(H,9,10,11). The predicted molar refractivity (Wildman–Crippen MR) is 50.1 cm³/mol. The fraction of sp³-hybridized carbons (Fsp3) is 0.250. The molecule has 0 radical (unpaired) electrons. The van der Waals surface area contributed by atoms with Crippen LogP contribution in [0.3, 0.4) is 0 Å². The third-order valence-corrected chi connectivity index (χ3v) is 1.58. The summed E-state index contributed by atoms with van der Waals surface area (Å²) in [6.07, 6.45) is 2.62. The number of hydrogen-bond acceptors (Lipinski definition) is 4. The number of carbonyl (C=O) groups is 2. The number of carboxylic acid groups (broad SMARTS) is 1. The van der Waals surface area contributed by atoms with Crippen molar-refractivity contribution in [1.29, 1.82) is 0 Å². The second-order valence-corrected chi connectivity index (χ2v) is 2.70. The molecule has 1 aromatic heterocycles. The Morgan fingerprint density at radius 3 is 2.87 bits per heavy atom. The van der Waals surface area contributed by atoms with Crippen molar-refractivity contribution in [3.8, 4) is 0 Å². The fourth-order valence-corrected chi connectivity index (χ4v) is 0.997. The van der Waals surface area contributed by atoms with Crippen LogP contribution in [0.5, 0.6) is 0 Å². The zero-order valence-electron chi connectivity index (χ0n) is 7.88. The molecule has 0 atom stereocenters. The van der Waals surface area contributed by atoms with Crippen LogP contribution in [0.25, 0.3) is 0 Å². The Morgan fingerprint density at radius 2 is 2.40 bits per heavy atom. The van der Waals surface area contributed by atoms with E-state index in [4.69, 9.17) is 5.11 Å². The van der Waals surface area contributed by atoms with Crippen molar-refractivity contribution in [1.82, 2.24) is 20.1 Å². The highest BCUT2D eigenvalue weighted by Crippen LogP contribution is 1.97. The number of aromatic amines is 1. The fourth-order valence-electron chi connectivity index (χ4n) is 0.997. The first kappa shape index (κ1) is 10.9. The van der Waals surface area contributed by atoms with Gasteiger partial charge in [-0.3, -0.25) is 14.7 Å². The van der Waals surface area contributed by atoms with Crippen LogP contribution in [0.2, 0.25) is 0 Å². The molecular weight excluding hydrogens is 200 g/mol. The molecule has 2 N–H and O–H groups in total. The van der Waals surface area contributed by atoms with E-state index in [1.54, 1.807) is 0 Å². The van der Waals surface area contributed by atoms with E-state index >= 15 is 0 Å². The van der Waals surface area contributed by atoms with Gasteiger partial charge in [-0.25, -0.2) is 4.98 Å². The quantitative estimate of drug-likeness (QED) is 0.639. The van der Waals surface area contributed by atoms with Crippen LogP contribution in [-0.4, -0.2) is 50.2 Å². The summed E-state index contributed by atoms with van der Waals surface area (Å²) in [5, 5.41) is 14.5. The number of rotatable bonds is 5. The van der Waals surface area contributed by atoms with Crippen molar-refractivity contribution in [2.45, 2.75) is 0 Å². The lowest BCUT2D eigenvalue weighted by molar-refractivity contribution is -0.137. The van der Waals surface area contributed by atoms with Crippen LogP contribution in [0.4, 0.5) is 0 Å². The maximum atomic E-state index is 11.6. The lowest BCUT2D eigenvalue weighted by atomic mass is 10.4. The number of carboxylic acids is 1. The number of aromatic nitrogens is 3. The maximum absolute atomic E-state index is 11.6. The normalized spacial score (nSPS) is 9.60. The summed E-state index contributed by atoms with van der Waals surface area (Å²) in [5.74, 6) is -1.60. The molecule has 7 heteroatoms. The Balaban J connectivity index is 2.75. The molecule has 0 saturated heterocycles. The average Bonchev–Trinajstić information content (AvgIpc) is 2.68. The Morgan fingerprint density at radius 1 is 1.67 bits per heavy atom. The summed E-state index contributed by atoms with van der Waals surface area (Å²) < 4.78 is 0. The van der Waals surface area contributed by atoms with E-state index in [0.29, 0.717) is 0 Å². The Labute approximate surface area is 85.4 Å². The van der Waals surface area contributed by atoms with E-state index in [1.165, 1.54) is 12.4 Å². The molecule has 0 bridgehead atoms. The number of carbonyl (C=O) groups excluding carboxylic acids is 1. The average molecular weight is 210 g/mol. The number of nitrogens with one attached hydrogen (secondary N) is 1. The van der Waals surface area contributed by atoms with Gasteiger partial charge in [0.2, 0.25) is 5.82 Å². The SMILES string of the molecule is C=CCN(CC(=O)O)C(=O)c1ncn[nH]1. The van der Waals surface area contributed by atoms with Gasteiger partial charge < -0.3 is 10.0 Å². The minimum Gasteiger partial charge on any atom is -0.480 e. The van der Waals surface area contributed by atoms with Gasteiger partial charge in [0.25, 0.3) is 5.91 Å². The highest BCUT2D eigenvalue weighted by molar-refractivity contribution is 5.92. The molecule has 1 amide bonds. The van der Waals surface area contributed by atoms with Crippen LogP contribution in [0, 0.1) is 0 Å². The van der Waals surface area contributed by atoms with Gasteiger partial charge in [-0.2, -0.15) is 5.10 Å². The van der Waals surface area contributed by atoms with Crippen LogP contribution < -0.4 is 0 Å². The number of aliphatic carboxylic acids is 1. The van der Waals surface area contributed by atoms with E-state index in [2.05, 4.69) is 21.8 Å². The van der Waals surface area contributed by atoms with Crippen molar-refractivity contribution in [3.63, 3.8) is 0 Å². The summed E-state index contributed by atoms with van der Waals surface area (Å²) in [4.78, 5) is 26.8. The zero-order chi connectivity index (χ0) is 11.3. The van der Waals surface area contributed by atoms with E-state index in [1.807, 2.05) is 0 Å². The molecular formula is C8H10N4O3. The van der Waals surface area contributed by atoms with Gasteiger partial charge in [-0.15, -0.1) is 6.58 Å². The van der Waals surface area contributed by atoms with Gasteiger partial charge in [-0.05, 0) is 0 Å². The minimum absolute atomic E-state index is 0.0121. The van der Waals surface area contributed by atoms with E-state index < -0.39 is 18.4 Å². The summed E-state index contributed by atoms with van der Waals surface area (Å²) in [7, 11) is 0. The highest BCUT2D eigenvalue weighted by atomic mass is 16.4. The first-order chi connectivity index (χ1) is 7.15. The monoisotopic (exact) mass is 210 g/mol. The molecule has 1 aromatic rings. The van der Waals surface area contributed by atoms with Crippen LogP contribution in [0.15, 0.2) is 19.0 Å². The number of nitrogens with zero attached hydrogens (tertiary/aromatic N) is 3. The molecule has 0 aliphatic carbocycles. The maximum Gasteiger partial charge on any atom is 0.323 e. The smallest absolute Gasteiger partial charge is 0.323 e. The molecule has 80 valence electrons. The minimum atomic E-state index is -1.09. The van der Waals surface area contributed by atoms with Crippen LogP contribution in [0.1, 0.15) is 10.6 Å². The summed E-state index contributed by atoms with van der Waals surface area (Å²) in [6.45, 7) is 3.19. The van der Waals surface area contributed by atoms with Crippen LogP contribution >= 0.6 is 0 Å². The number of H-pyrrole nitrogens is 1. The second-order valence-electron chi connectivity index (χ2n) is 2.70. The van der Waals surface area contributed by atoms with Crippen molar-refractivity contribution < 1.29 is 14.7 Å². The molecule has 1 heterocycles. The third kappa shape index (κ3) is 2.90. The van der Waals surface area contributed by atoms with Gasteiger partial charge in [-0.1, -0.05) is 6.08 Å². The Hall–Kier alpha value is -2.18. The molecule has 1 rings (SSSR count). The molecule has 0 aliphatic rings. The first-order valence-electron chi connectivity index (χ1n) is 4.12. The molecule has 0 spiro atoms. The van der Waals surface area contributed by atoms with Gasteiger partial charge >= 0.3 is 5.97 Å². The van der Waals surface area contributed by atoms with Crippen molar-refractivity contribution in [3.05, 3.63) is 24.8 Å². The third-order valence-electron chi connectivity index (χ3n) is 1.58. The van der Waals surface area contributed by atoms with Gasteiger partial charge in [0, 0.05) is 6.54 Å². The highest BCUT2D eigenvalue weighted by Gasteiger charge is 2.19. The van der Waals surface area contributed by atoms with Gasteiger partial charge in [0.05, 0.1) is 0 Å². The number of hydrogen-bond donors (Lipinski definition) is 2. The second kappa shape index (κ2) is 4.89. The van der Waals surface area contributed by atoms with Crippen LogP contribution in [-0.2, 0) is 4.79 Å². The molecule has 15 heavy (non-hydrogen) atoms. The zero-order valence-corrected chi connectivity index (χ0v) is 7.88. The Kier molecular flexibility index (Phi) is 3.55.